The minimum atomic E-state index is -0.143. The molecular formula is C17H16N2O2. The molecule has 2 amide bonds. The Kier molecular flexibility index (Phi) is 3.44. The molecule has 2 aromatic carbocycles. The number of fused-ring (bicyclic) bond motifs is 1. The molecule has 0 fully saturated rings. The highest BCUT2D eigenvalue weighted by Gasteiger charge is 2.19. The van der Waals surface area contributed by atoms with E-state index in [2.05, 4.69) is 10.6 Å². The molecule has 2 aromatic rings. The van der Waals surface area contributed by atoms with E-state index < -0.39 is 0 Å². The van der Waals surface area contributed by atoms with Crippen molar-refractivity contribution in [2.24, 2.45) is 0 Å². The predicted octanol–water partition coefficient (Wildman–Crippen LogP) is 2.67. The van der Waals surface area contributed by atoms with Gasteiger partial charge in [-0.25, -0.2) is 0 Å². The zero-order valence-corrected chi connectivity index (χ0v) is 11.7. The van der Waals surface area contributed by atoms with Crippen molar-refractivity contribution in [2.45, 2.75) is 19.4 Å². The summed E-state index contributed by atoms with van der Waals surface area (Å²) in [6.45, 7) is 1.95. The van der Waals surface area contributed by atoms with Crippen LogP contribution in [0, 0.1) is 0 Å². The summed E-state index contributed by atoms with van der Waals surface area (Å²) in [6, 6.07) is 15.0. The number of rotatable bonds is 3. The summed E-state index contributed by atoms with van der Waals surface area (Å²) in [5.74, 6) is -0.171. The van der Waals surface area contributed by atoms with Crippen LogP contribution in [0.15, 0.2) is 48.5 Å². The first-order chi connectivity index (χ1) is 10.1. The van der Waals surface area contributed by atoms with Crippen LogP contribution < -0.4 is 10.6 Å². The van der Waals surface area contributed by atoms with E-state index in [1.165, 1.54) is 0 Å². The Balaban J connectivity index is 1.74. The first-order valence-corrected chi connectivity index (χ1v) is 6.92. The second kappa shape index (κ2) is 5.40. The van der Waals surface area contributed by atoms with Gasteiger partial charge in [-0.3, -0.25) is 9.59 Å². The highest BCUT2D eigenvalue weighted by molar-refractivity contribution is 6.02. The molecule has 4 heteroatoms. The summed E-state index contributed by atoms with van der Waals surface area (Å²) in [5.41, 5.74) is 3.28. The van der Waals surface area contributed by atoms with Crippen LogP contribution in [0.5, 0.6) is 0 Å². The molecule has 1 heterocycles. The van der Waals surface area contributed by atoms with Crippen LogP contribution in [0.2, 0.25) is 0 Å². The Labute approximate surface area is 123 Å². The molecule has 0 aromatic heterocycles. The molecule has 106 valence electrons. The van der Waals surface area contributed by atoms with E-state index in [1.54, 1.807) is 12.1 Å². The summed E-state index contributed by atoms with van der Waals surface area (Å²) in [7, 11) is 0. The van der Waals surface area contributed by atoms with Gasteiger partial charge in [0.05, 0.1) is 12.5 Å². The fraction of sp³-hybridized carbons (Fsp3) is 0.176. The molecule has 0 unspecified atom stereocenters. The molecule has 4 nitrogen and oxygen atoms in total. The number of anilines is 1. The third-order valence-corrected chi connectivity index (χ3v) is 3.64. The van der Waals surface area contributed by atoms with Crippen LogP contribution in [0.1, 0.15) is 34.5 Å². The average Bonchev–Trinajstić information content (AvgIpc) is 2.87. The maximum absolute atomic E-state index is 12.3. The predicted molar refractivity (Wildman–Crippen MR) is 81.1 cm³/mol. The molecule has 0 saturated heterocycles. The van der Waals surface area contributed by atoms with E-state index in [1.807, 2.05) is 43.3 Å². The van der Waals surface area contributed by atoms with E-state index in [0.717, 1.165) is 16.8 Å². The van der Waals surface area contributed by atoms with Crippen LogP contribution in [0.3, 0.4) is 0 Å². The quantitative estimate of drug-likeness (QED) is 0.908. The minimum absolute atomic E-state index is 0.0276. The zero-order valence-electron chi connectivity index (χ0n) is 11.7. The monoisotopic (exact) mass is 280 g/mol. The third kappa shape index (κ3) is 2.79. The average molecular weight is 280 g/mol. The van der Waals surface area contributed by atoms with Crippen molar-refractivity contribution in [1.82, 2.24) is 5.32 Å². The topological polar surface area (TPSA) is 58.2 Å². The molecule has 1 atom stereocenters. The van der Waals surface area contributed by atoms with Gasteiger partial charge in [0.15, 0.2) is 0 Å². The van der Waals surface area contributed by atoms with Gasteiger partial charge in [0.25, 0.3) is 5.91 Å². The Morgan fingerprint density at radius 1 is 1.19 bits per heavy atom. The van der Waals surface area contributed by atoms with Crippen molar-refractivity contribution in [1.29, 1.82) is 0 Å². The van der Waals surface area contributed by atoms with Crippen molar-refractivity contribution in [3.8, 4) is 0 Å². The minimum Gasteiger partial charge on any atom is -0.346 e. The van der Waals surface area contributed by atoms with Gasteiger partial charge in [0.1, 0.15) is 0 Å². The van der Waals surface area contributed by atoms with E-state index >= 15 is 0 Å². The van der Waals surface area contributed by atoms with Crippen molar-refractivity contribution in [3.05, 3.63) is 65.2 Å². The maximum atomic E-state index is 12.3. The van der Waals surface area contributed by atoms with Crippen molar-refractivity contribution >= 4 is 17.5 Å². The van der Waals surface area contributed by atoms with Crippen molar-refractivity contribution in [3.63, 3.8) is 0 Å². The fourth-order valence-electron chi connectivity index (χ4n) is 2.46. The third-order valence-electron chi connectivity index (χ3n) is 3.64. The van der Waals surface area contributed by atoms with Gasteiger partial charge in [0.2, 0.25) is 5.91 Å². The Hall–Kier alpha value is -2.62. The molecule has 21 heavy (non-hydrogen) atoms. The maximum Gasteiger partial charge on any atom is 0.251 e. The van der Waals surface area contributed by atoms with Crippen LogP contribution in [0.4, 0.5) is 5.69 Å². The Morgan fingerprint density at radius 2 is 1.95 bits per heavy atom. The summed E-state index contributed by atoms with van der Waals surface area (Å²) >= 11 is 0. The molecule has 1 aliphatic heterocycles. The number of hydrogen-bond acceptors (Lipinski definition) is 2. The first-order valence-electron chi connectivity index (χ1n) is 6.92. The SMILES string of the molecule is C[C@@H](NC(=O)c1ccc2c(c1)NC(=O)C2)c1ccccc1. The lowest BCUT2D eigenvalue weighted by Crippen LogP contribution is -2.26. The molecule has 3 rings (SSSR count). The largest absolute Gasteiger partial charge is 0.346 e. The second-order valence-electron chi connectivity index (χ2n) is 5.20. The van der Waals surface area contributed by atoms with Gasteiger partial charge in [0, 0.05) is 11.3 Å². The van der Waals surface area contributed by atoms with Gasteiger partial charge < -0.3 is 10.6 Å². The highest BCUT2D eigenvalue weighted by Crippen LogP contribution is 2.24. The molecule has 2 N–H and O–H groups in total. The lowest BCUT2D eigenvalue weighted by molar-refractivity contribution is -0.115. The lowest BCUT2D eigenvalue weighted by Gasteiger charge is -2.14. The van der Waals surface area contributed by atoms with Gasteiger partial charge in [-0.15, -0.1) is 0 Å². The van der Waals surface area contributed by atoms with E-state index in [4.69, 9.17) is 0 Å². The first kappa shape index (κ1) is 13.4. The summed E-state index contributed by atoms with van der Waals surface area (Å²) < 4.78 is 0. The van der Waals surface area contributed by atoms with E-state index in [9.17, 15) is 9.59 Å². The van der Waals surface area contributed by atoms with Crippen LogP contribution >= 0.6 is 0 Å². The summed E-state index contributed by atoms with van der Waals surface area (Å²) in [6.07, 6.45) is 0.387. The van der Waals surface area contributed by atoms with Gasteiger partial charge in [-0.2, -0.15) is 0 Å². The van der Waals surface area contributed by atoms with Crippen molar-refractivity contribution < 1.29 is 9.59 Å². The fourth-order valence-corrected chi connectivity index (χ4v) is 2.46. The number of carbonyl (C=O) groups excluding carboxylic acids is 2. The van der Waals surface area contributed by atoms with Crippen LogP contribution in [-0.2, 0) is 11.2 Å². The molecular weight excluding hydrogens is 264 g/mol. The number of amides is 2. The van der Waals surface area contributed by atoms with Gasteiger partial charge in [-0.1, -0.05) is 36.4 Å². The molecule has 0 bridgehead atoms. The molecule has 0 spiro atoms. The van der Waals surface area contributed by atoms with E-state index in [-0.39, 0.29) is 17.9 Å². The Morgan fingerprint density at radius 3 is 2.71 bits per heavy atom. The number of hydrogen-bond donors (Lipinski definition) is 2. The van der Waals surface area contributed by atoms with Crippen LogP contribution in [-0.4, -0.2) is 11.8 Å². The lowest BCUT2D eigenvalue weighted by atomic mass is 10.1. The second-order valence-corrected chi connectivity index (χ2v) is 5.20. The molecule has 0 aliphatic carbocycles. The number of benzene rings is 2. The normalized spacial score (nSPS) is 14.2. The Bertz CT molecular complexity index is 695. The summed E-state index contributed by atoms with van der Waals surface area (Å²) in [5, 5.41) is 5.72. The highest BCUT2D eigenvalue weighted by atomic mass is 16.2. The van der Waals surface area contributed by atoms with Gasteiger partial charge in [-0.05, 0) is 30.2 Å². The number of nitrogens with one attached hydrogen (secondary N) is 2. The van der Waals surface area contributed by atoms with E-state index in [0.29, 0.717) is 12.0 Å². The number of carbonyl (C=O) groups is 2. The molecule has 0 radical (unpaired) electrons. The zero-order chi connectivity index (χ0) is 14.8. The van der Waals surface area contributed by atoms with Gasteiger partial charge >= 0.3 is 0 Å². The molecule has 1 aliphatic rings. The van der Waals surface area contributed by atoms with Crippen molar-refractivity contribution in [2.75, 3.05) is 5.32 Å². The smallest absolute Gasteiger partial charge is 0.251 e. The standard InChI is InChI=1S/C17H16N2O2/c1-11(12-5-3-2-4-6-12)18-17(21)14-8-7-13-10-16(20)19-15(13)9-14/h2-9,11H,10H2,1H3,(H,18,21)(H,19,20)/t11-/m1/s1. The van der Waals surface area contributed by atoms with Crippen LogP contribution in [0.25, 0.3) is 0 Å². The summed E-state index contributed by atoms with van der Waals surface area (Å²) in [4.78, 5) is 23.6. The molecule has 0 saturated carbocycles.